The maximum absolute atomic E-state index is 11.5. The predicted molar refractivity (Wildman–Crippen MR) is 71.3 cm³/mol. The average Bonchev–Trinajstić information content (AvgIpc) is 2.30. The zero-order valence-corrected chi connectivity index (χ0v) is 11.5. The second kappa shape index (κ2) is 8.00. The molecular formula is C11H19IN2O2. The lowest BCUT2D eigenvalue weighted by Crippen LogP contribution is -2.40. The van der Waals surface area contributed by atoms with Crippen LogP contribution in [0.2, 0.25) is 0 Å². The number of hydrogen-bond acceptors (Lipinski definition) is 3. The highest BCUT2D eigenvalue weighted by Gasteiger charge is 2.21. The van der Waals surface area contributed by atoms with E-state index in [-0.39, 0.29) is 5.91 Å². The maximum Gasteiger partial charge on any atom is 0.220 e. The summed E-state index contributed by atoms with van der Waals surface area (Å²) in [5.41, 5.74) is 0. The second-order valence-electron chi connectivity index (χ2n) is 4.28. The molecule has 0 spiro atoms. The van der Waals surface area contributed by atoms with E-state index in [0.29, 0.717) is 31.3 Å². The summed E-state index contributed by atoms with van der Waals surface area (Å²) in [7, 11) is 0. The Morgan fingerprint density at radius 1 is 1.25 bits per heavy atom. The molecule has 1 fully saturated rings. The molecule has 4 nitrogen and oxygen atoms in total. The van der Waals surface area contributed by atoms with Gasteiger partial charge in [0.05, 0.1) is 0 Å². The number of hydrogen-bond donors (Lipinski definition) is 2. The van der Waals surface area contributed by atoms with E-state index in [1.165, 1.54) is 0 Å². The van der Waals surface area contributed by atoms with E-state index in [1.807, 2.05) is 0 Å². The first kappa shape index (κ1) is 13.9. The van der Waals surface area contributed by atoms with Gasteiger partial charge in [-0.1, -0.05) is 0 Å². The van der Waals surface area contributed by atoms with E-state index in [2.05, 4.69) is 31.7 Å². The summed E-state index contributed by atoms with van der Waals surface area (Å²) in [4.78, 5) is 21.6. The van der Waals surface area contributed by atoms with Gasteiger partial charge in [-0.3, -0.25) is 8.32 Å². The Bertz CT molecular complexity index is 228. The maximum atomic E-state index is 11.5. The number of unbranched alkanes of at least 4 members (excludes halogenated alkanes) is 1. The van der Waals surface area contributed by atoms with Crippen LogP contribution in [0.3, 0.4) is 0 Å². The fourth-order valence-electron chi connectivity index (χ4n) is 1.99. The molecule has 1 saturated carbocycles. The fraction of sp³-hybridized carbons (Fsp3) is 0.818. The first-order valence-electron chi connectivity index (χ1n) is 5.85. The topological polar surface area (TPSA) is 58.2 Å². The molecule has 16 heavy (non-hydrogen) atoms. The van der Waals surface area contributed by atoms with Gasteiger partial charge in [-0.15, -0.1) is 0 Å². The minimum absolute atomic E-state index is 0.0905. The van der Waals surface area contributed by atoms with Crippen molar-refractivity contribution in [1.82, 2.24) is 8.85 Å². The smallest absolute Gasteiger partial charge is 0.220 e. The Kier molecular flexibility index (Phi) is 6.95. The molecule has 0 aromatic heterocycles. The van der Waals surface area contributed by atoms with Crippen molar-refractivity contribution >= 4 is 35.1 Å². The highest BCUT2D eigenvalue weighted by molar-refractivity contribution is 14.1. The van der Waals surface area contributed by atoms with Gasteiger partial charge in [0.1, 0.15) is 6.29 Å². The molecule has 1 amide bonds. The first-order chi connectivity index (χ1) is 7.76. The van der Waals surface area contributed by atoms with Crippen LogP contribution in [-0.4, -0.2) is 24.3 Å². The molecule has 0 bridgehead atoms. The molecule has 0 heterocycles. The molecule has 1 aliphatic carbocycles. The standard InChI is InChI=1S/C11H19IN2O2/c12-14-10-6-4-9(5-7-10)13-11(16)3-1-2-8-15/h8-10,14H,1-7H2,(H,13,16)/t9-,10-. The minimum atomic E-state index is 0.0905. The summed E-state index contributed by atoms with van der Waals surface area (Å²) in [5, 5.41) is 3.04. The highest BCUT2D eigenvalue weighted by Crippen LogP contribution is 2.19. The number of rotatable bonds is 6. The van der Waals surface area contributed by atoms with Crippen molar-refractivity contribution in [2.75, 3.05) is 0 Å². The van der Waals surface area contributed by atoms with Crippen LogP contribution >= 0.6 is 22.9 Å². The van der Waals surface area contributed by atoms with E-state index >= 15 is 0 Å². The van der Waals surface area contributed by atoms with Crippen molar-refractivity contribution < 1.29 is 9.59 Å². The lowest BCUT2D eigenvalue weighted by molar-refractivity contribution is -0.122. The van der Waals surface area contributed by atoms with Crippen LogP contribution in [0, 0.1) is 0 Å². The number of carbonyl (C=O) groups is 2. The second-order valence-corrected chi connectivity index (χ2v) is 4.91. The molecule has 2 N–H and O–H groups in total. The molecule has 0 radical (unpaired) electrons. The normalized spacial score (nSPS) is 25.1. The first-order valence-corrected chi connectivity index (χ1v) is 6.93. The largest absolute Gasteiger partial charge is 0.353 e. The summed E-state index contributed by atoms with van der Waals surface area (Å²) in [6, 6.07) is 0.938. The van der Waals surface area contributed by atoms with E-state index in [0.717, 1.165) is 32.0 Å². The van der Waals surface area contributed by atoms with Gasteiger partial charge in [-0.25, -0.2) is 0 Å². The van der Waals surface area contributed by atoms with Crippen molar-refractivity contribution in [1.29, 1.82) is 0 Å². The molecule has 0 aromatic carbocycles. The predicted octanol–water partition coefficient (Wildman–Crippen LogP) is 1.72. The van der Waals surface area contributed by atoms with Crippen LogP contribution in [-0.2, 0) is 9.59 Å². The minimum Gasteiger partial charge on any atom is -0.353 e. The number of nitrogens with one attached hydrogen (secondary N) is 2. The van der Waals surface area contributed by atoms with Crippen LogP contribution in [0.4, 0.5) is 0 Å². The Hall–Kier alpha value is -0.170. The van der Waals surface area contributed by atoms with Gasteiger partial charge < -0.3 is 10.1 Å². The molecule has 92 valence electrons. The molecular weight excluding hydrogens is 319 g/mol. The third kappa shape index (κ3) is 5.25. The molecule has 1 rings (SSSR count). The molecule has 5 heteroatoms. The monoisotopic (exact) mass is 338 g/mol. The molecule has 0 unspecified atom stereocenters. The van der Waals surface area contributed by atoms with E-state index < -0.39 is 0 Å². The van der Waals surface area contributed by atoms with Crippen molar-refractivity contribution in [3.8, 4) is 0 Å². The molecule has 0 aliphatic heterocycles. The SMILES string of the molecule is O=CCCCC(=O)N[C@H]1CC[C@H](NI)CC1. The third-order valence-corrected chi connectivity index (χ3v) is 3.85. The molecule has 1 aliphatic rings. The zero-order valence-electron chi connectivity index (χ0n) is 9.38. The highest BCUT2D eigenvalue weighted by atomic mass is 127. The summed E-state index contributed by atoms with van der Waals surface area (Å²) in [6.07, 6.45) is 6.86. The van der Waals surface area contributed by atoms with Crippen molar-refractivity contribution in [3.63, 3.8) is 0 Å². The van der Waals surface area contributed by atoms with Crippen molar-refractivity contribution in [2.24, 2.45) is 0 Å². The van der Waals surface area contributed by atoms with Gasteiger partial charge in [-0.05, 0) is 32.1 Å². The van der Waals surface area contributed by atoms with Crippen LogP contribution in [0.5, 0.6) is 0 Å². The number of amides is 1. The zero-order chi connectivity index (χ0) is 11.8. The lowest BCUT2D eigenvalue weighted by atomic mass is 9.92. The van der Waals surface area contributed by atoms with Crippen LogP contribution in [0.25, 0.3) is 0 Å². The van der Waals surface area contributed by atoms with Crippen molar-refractivity contribution in [3.05, 3.63) is 0 Å². The summed E-state index contributed by atoms with van der Waals surface area (Å²) in [6.45, 7) is 0. The van der Waals surface area contributed by atoms with E-state index in [4.69, 9.17) is 0 Å². The van der Waals surface area contributed by atoms with Gasteiger partial charge >= 0.3 is 0 Å². The molecule has 0 saturated heterocycles. The summed E-state index contributed by atoms with van der Waals surface area (Å²) >= 11 is 2.19. The van der Waals surface area contributed by atoms with Crippen LogP contribution < -0.4 is 8.85 Å². The fourth-order valence-corrected chi connectivity index (χ4v) is 2.62. The van der Waals surface area contributed by atoms with Gasteiger partial charge in [0.15, 0.2) is 0 Å². The van der Waals surface area contributed by atoms with Gasteiger partial charge in [0.2, 0.25) is 5.91 Å². The van der Waals surface area contributed by atoms with Crippen LogP contribution in [0.1, 0.15) is 44.9 Å². The Morgan fingerprint density at radius 3 is 2.44 bits per heavy atom. The number of carbonyl (C=O) groups excluding carboxylic acids is 2. The molecule has 0 aromatic rings. The van der Waals surface area contributed by atoms with E-state index in [1.54, 1.807) is 0 Å². The Morgan fingerprint density at radius 2 is 1.88 bits per heavy atom. The van der Waals surface area contributed by atoms with Gasteiger partial charge in [-0.2, -0.15) is 0 Å². The third-order valence-electron chi connectivity index (χ3n) is 2.97. The summed E-state index contributed by atoms with van der Waals surface area (Å²) in [5.74, 6) is 0.0905. The Balaban J connectivity index is 2.13. The van der Waals surface area contributed by atoms with Gasteiger partial charge in [0.25, 0.3) is 0 Å². The number of aldehydes is 1. The van der Waals surface area contributed by atoms with E-state index in [9.17, 15) is 9.59 Å². The Labute approximate surface area is 110 Å². The number of halogens is 1. The quantitative estimate of drug-likeness (QED) is 0.336. The van der Waals surface area contributed by atoms with Crippen molar-refractivity contribution in [2.45, 2.75) is 57.0 Å². The van der Waals surface area contributed by atoms with Gasteiger partial charge in [0, 0.05) is 47.8 Å². The molecule has 0 atom stereocenters. The lowest BCUT2D eigenvalue weighted by Gasteiger charge is -2.28. The average molecular weight is 338 g/mol. The van der Waals surface area contributed by atoms with Crippen LogP contribution in [0.15, 0.2) is 0 Å². The summed E-state index contributed by atoms with van der Waals surface area (Å²) < 4.78 is 3.24.